The summed E-state index contributed by atoms with van der Waals surface area (Å²) in [6.07, 6.45) is 3.50. The predicted molar refractivity (Wildman–Crippen MR) is 128 cm³/mol. The highest BCUT2D eigenvalue weighted by atomic mass is 16.5. The van der Waals surface area contributed by atoms with E-state index in [1.54, 1.807) is 65.4 Å². The quantitative estimate of drug-likeness (QED) is 0.410. The van der Waals surface area contributed by atoms with Gasteiger partial charge in [0, 0.05) is 18.0 Å². The second-order valence-corrected chi connectivity index (χ2v) is 7.69. The normalized spacial score (nSPS) is 11.0. The van der Waals surface area contributed by atoms with Gasteiger partial charge in [0.1, 0.15) is 5.52 Å². The summed E-state index contributed by atoms with van der Waals surface area (Å²) in [7, 11) is 1.29. The highest BCUT2D eigenvalue weighted by molar-refractivity contribution is 6.08. The van der Waals surface area contributed by atoms with E-state index in [4.69, 9.17) is 4.74 Å². The van der Waals surface area contributed by atoms with Gasteiger partial charge in [0.05, 0.1) is 30.4 Å². The van der Waals surface area contributed by atoms with Crippen LogP contribution < -0.4 is 10.9 Å². The Balaban J connectivity index is 1.42. The third-order valence-electron chi connectivity index (χ3n) is 5.63. The number of hydrogen-bond donors (Lipinski definition) is 1. The number of esters is 1. The number of pyridine rings is 1. The lowest BCUT2D eigenvalue weighted by atomic mass is 10.1. The molecule has 0 saturated carbocycles. The Morgan fingerprint density at radius 1 is 0.941 bits per heavy atom. The van der Waals surface area contributed by atoms with Crippen LogP contribution in [0, 0.1) is 0 Å². The molecule has 0 fully saturated rings. The van der Waals surface area contributed by atoms with Gasteiger partial charge in [0.2, 0.25) is 0 Å². The number of rotatable bonds is 5. The van der Waals surface area contributed by atoms with Gasteiger partial charge in [0.15, 0.2) is 5.65 Å². The van der Waals surface area contributed by atoms with Crippen molar-refractivity contribution >= 4 is 34.2 Å². The maximum atomic E-state index is 13.1. The number of para-hydroxylation sites is 1. The van der Waals surface area contributed by atoms with Crippen molar-refractivity contribution in [3.05, 3.63) is 112 Å². The standard InChI is InChI=1S/C26H20N4O4/c1-34-26(33)19-6-2-3-7-20(19)28-24(31)18-12-10-17(11-13-18)16-30-23-21(8-4-14-27-23)29-15-5-9-22(29)25(30)32/h2-15H,16H2,1H3,(H,28,31). The number of benzene rings is 2. The van der Waals surface area contributed by atoms with Crippen LogP contribution in [0.15, 0.2) is 90.0 Å². The molecular weight excluding hydrogens is 432 g/mol. The summed E-state index contributed by atoms with van der Waals surface area (Å²) in [5.41, 5.74) is 3.75. The first-order valence-corrected chi connectivity index (χ1v) is 10.6. The van der Waals surface area contributed by atoms with Gasteiger partial charge in [-0.15, -0.1) is 0 Å². The number of ether oxygens (including phenoxy) is 1. The largest absolute Gasteiger partial charge is 0.465 e. The van der Waals surface area contributed by atoms with Gasteiger partial charge >= 0.3 is 5.97 Å². The first-order chi connectivity index (χ1) is 16.6. The fourth-order valence-electron chi connectivity index (χ4n) is 3.95. The second kappa shape index (κ2) is 8.67. The van der Waals surface area contributed by atoms with Gasteiger partial charge in [0.25, 0.3) is 11.5 Å². The molecule has 0 bridgehead atoms. The van der Waals surface area contributed by atoms with Crippen molar-refractivity contribution < 1.29 is 14.3 Å². The van der Waals surface area contributed by atoms with Crippen LogP contribution in [-0.4, -0.2) is 32.9 Å². The van der Waals surface area contributed by atoms with E-state index in [0.29, 0.717) is 29.0 Å². The summed E-state index contributed by atoms with van der Waals surface area (Å²) >= 11 is 0. The number of fused-ring (bicyclic) bond motifs is 3. The fourth-order valence-corrected chi connectivity index (χ4v) is 3.95. The van der Waals surface area contributed by atoms with Gasteiger partial charge in [-0.1, -0.05) is 24.3 Å². The first-order valence-electron chi connectivity index (χ1n) is 10.6. The summed E-state index contributed by atoms with van der Waals surface area (Å²) in [4.78, 5) is 42.2. The number of methoxy groups -OCH3 is 1. The average molecular weight is 452 g/mol. The van der Waals surface area contributed by atoms with E-state index in [9.17, 15) is 14.4 Å². The molecule has 8 heteroatoms. The molecule has 0 spiro atoms. The minimum atomic E-state index is -0.530. The zero-order chi connectivity index (χ0) is 23.7. The van der Waals surface area contributed by atoms with Gasteiger partial charge in [-0.2, -0.15) is 0 Å². The Bertz CT molecular complexity index is 1600. The summed E-state index contributed by atoms with van der Waals surface area (Å²) in [6.45, 7) is 0.307. The summed E-state index contributed by atoms with van der Waals surface area (Å²) in [5.74, 6) is -0.890. The Labute approximate surface area is 194 Å². The molecule has 0 saturated heterocycles. The molecule has 0 unspecified atom stereocenters. The van der Waals surface area contributed by atoms with Gasteiger partial charge in [-0.3, -0.25) is 14.2 Å². The molecule has 0 aliphatic heterocycles. The molecule has 2 aromatic carbocycles. The molecule has 34 heavy (non-hydrogen) atoms. The van der Waals surface area contributed by atoms with Crippen LogP contribution in [0.1, 0.15) is 26.3 Å². The van der Waals surface area contributed by atoms with Crippen LogP contribution in [0.25, 0.3) is 16.7 Å². The van der Waals surface area contributed by atoms with E-state index in [2.05, 4.69) is 10.3 Å². The number of aromatic nitrogens is 3. The second-order valence-electron chi connectivity index (χ2n) is 7.69. The molecule has 3 aromatic heterocycles. The number of nitrogens with zero attached hydrogens (tertiary/aromatic N) is 3. The Kier molecular flexibility index (Phi) is 5.39. The van der Waals surface area contributed by atoms with Crippen LogP contribution in [0.2, 0.25) is 0 Å². The number of hydrogen-bond acceptors (Lipinski definition) is 5. The summed E-state index contributed by atoms with van der Waals surface area (Å²) in [6, 6.07) is 21.0. The number of carbonyl (C=O) groups is 2. The lowest BCUT2D eigenvalue weighted by Crippen LogP contribution is -2.24. The van der Waals surface area contributed by atoms with Crippen molar-refractivity contribution in [1.82, 2.24) is 14.0 Å². The number of nitrogens with one attached hydrogen (secondary N) is 1. The molecule has 8 nitrogen and oxygen atoms in total. The average Bonchev–Trinajstić information content (AvgIpc) is 3.37. The number of anilines is 1. The van der Waals surface area contributed by atoms with Gasteiger partial charge in [-0.05, 0) is 54.1 Å². The highest BCUT2D eigenvalue weighted by Gasteiger charge is 2.15. The Morgan fingerprint density at radius 2 is 1.71 bits per heavy atom. The van der Waals surface area contributed by atoms with Crippen molar-refractivity contribution in [3.63, 3.8) is 0 Å². The molecule has 3 heterocycles. The molecule has 0 atom stereocenters. The monoisotopic (exact) mass is 452 g/mol. The van der Waals surface area contributed by atoms with Gasteiger partial charge in [-0.25, -0.2) is 9.78 Å². The smallest absolute Gasteiger partial charge is 0.339 e. The summed E-state index contributed by atoms with van der Waals surface area (Å²) < 4.78 is 8.24. The van der Waals surface area contributed by atoms with Crippen LogP contribution in [0.5, 0.6) is 0 Å². The molecule has 1 N–H and O–H groups in total. The van der Waals surface area contributed by atoms with E-state index in [1.165, 1.54) is 7.11 Å². The van der Waals surface area contributed by atoms with Gasteiger partial charge < -0.3 is 14.5 Å². The Hall–Kier alpha value is -4.72. The zero-order valence-electron chi connectivity index (χ0n) is 18.3. The molecule has 1 amide bonds. The molecule has 168 valence electrons. The molecule has 0 radical (unpaired) electrons. The van der Waals surface area contributed by atoms with Crippen LogP contribution in [0.4, 0.5) is 5.69 Å². The van der Waals surface area contributed by atoms with E-state index in [0.717, 1.165) is 11.1 Å². The van der Waals surface area contributed by atoms with Crippen molar-refractivity contribution in [3.8, 4) is 0 Å². The highest BCUT2D eigenvalue weighted by Crippen LogP contribution is 2.18. The van der Waals surface area contributed by atoms with E-state index in [-0.39, 0.29) is 17.0 Å². The maximum Gasteiger partial charge on any atom is 0.339 e. The minimum absolute atomic E-state index is 0.141. The first kappa shape index (κ1) is 21.1. The fraction of sp³-hybridized carbons (Fsp3) is 0.0769. The lowest BCUT2D eigenvalue weighted by Gasteiger charge is -2.12. The molecule has 0 aliphatic rings. The molecule has 5 rings (SSSR count). The topological polar surface area (TPSA) is 94.7 Å². The van der Waals surface area contributed by atoms with E-state index < -0.39 is 5.97 Å². The SMILES string of the molecule is COC(=O)c1ccccc1NC(=O)c1ccc(Cn2c(=O)c3cccn3c3cccnc32)cc1. The van der Waals surface area contributed by atoms with Crippen LogP contribution in [0.3, 0.4) is 0 Å². The lowest BCUT2D eigenvalue weighted by molar-refractivity contribution is 0.0602. The number of amides is 1. The van der Waals surface area contributed by atoms with E-state index in [1.807, 2.05) is 28.8 Å². The number of carbonyl (C=O) groups excluding carboxylic acids is 2. The molecular formula is C26H20N4O4. The van der Waals surface area contributed by atoms with E-state index >= 15 is 0 Å². The summed E-state index contributed by atoms with van der Waals surface area (Å²) in [5, 5.41) is 2.75. The van der Waals surface area contributed by atoms with Crippen molar-refractivity contribution in [2.45, 2.75) is 6.54 Å². The van der Waals surface area contributed by atoms with Crippen molar-refractivity contribution in [2.24, 2.45) is 0 Å². The third kappa shape index (κ3) is 3.71. The third-order valence-corrected chi connectivity index (χ3v) is 5.63. The van der Waals surface area contributed by atoms with Crippen LogP contribution >= 0.6 is 0 Å². The van der Waals surface area contributed by atoms with Crippen LogP contribution in [-0.2, 0) is 11.3 Å². The maximum absolute atomic E-state index is 13.1. The van der Waals surface area contributed by atoms with Crippen molar-refractivity contribution in [2.75, 3.05) is 12.4 Å². The van der Waals surface area contributed by atoms with Crippen molar-refractivity contribution in [1.29, 1.82) is 0 Å². The molecule has 0 aliphatic carbocycles. The zero-order valence-corrected chi connectivity index (χ0v) is 18.3. The minimum Gasteiger partial charge on any atom is -0.465 e. The predicted octanol–water partition coefficient (Wildman–Crippen LogP) is 3.74. The Morgan fingerprint density at radius 3 is 2.50 bits per heavy atom. The molecule has 5 aromatic rings.